The third kappa shape index (κ3) is 3.56. The molecule has 0 atom stereocenters. The Morgan fingerprint density at radius 1 is 1.50 bits per heavy atom. The topological polar surface area (TPSA) is 93.0 Å². The molecule has 1 rings (SSSR count). The van der Waals surface area contributed by atoms with Crippen LogP contribution < -0.4 is 0 Å². The van der Waals surface area contributed by atoms with E-state index in [-0.39, 0.29) is 16.0 Å². The Bertz CT molecular complexity index is 577. The first-order chi connectivity index (χ1) is 8.36. The summed E-state index contributed by atoms with van der Waals surface area (Å²) in [7, 11) is -3.39. The Balaban J connectivity index is 3.29. The number of sulfone groups is 1. The Labute approximate surface area is 105 Å². The predicted molar refractivity (Wildman–Crippen MR) is 65.7 cm³/mol. The Morgan fingerprint density at radius 3 is 2.67 bits per heavy atom. The molecular formula is C11H13NO5S. The smallest absolute Gasteiger partial charge is 0.336 e. The lowest BCUT2D eigenvalue weighted by atomic mass is 10.1. The maximum Gasteiger partial charge on any atom is 0.336 e. The third-order valence-electron chi connectivity index (χ3n) is 2.08. The van der Waals surface area contributed by atoms with E-state index in [1.165, 1.54) is 24.4 Å². The number of carboxylic acid groups (broad SMARTS) is 1. The van der Waals surface area contributed by atoms with Crippen LogP contribution in [0.3, 0.4) is 0 Å². The minimum atomic E-state index is -3.39. The van der Waals surface area contributed by atoms with E-state index in [4.69, 9.17) is 9.94 Å². The highest BCUT2D eigenvalue weighted by atomic mass is 32.2. The molecule has 1 aromatic rings. The fourth-order valence-corrected chi connectivity index (χ4v) is 1.90. The zero-order valence-corrected chi connectivity index (χ0v) is 10.8. The van der Waals surface area contributed by atoms with Gasteiger partial charge in [0.05, 0.1) is 16.7 Å². The van der Waals surface area contributed by atoms with Crippen LogP contribution in [0.15, 0.2) is 28.3 Å². The van der Waals surface area contributed by atoms with E-state index < -0.39 is 15.8 Å². The van der Waals surface area contributed by atoms with Gasteiger partial charge in [-0.25, -0.2) is 13.2 Å². The van der Waals surface area contributed by atoms with E-state index in [0.29, 0.717) is 6.61 Å². The zero-order chi connectivity index (χ0) is 13.8. The maximum atomic E-state index is 11.4. The molecule has 7 heteroatoms. The van der Waals surface area contributed by atoms with Gasteiger partial charge in [-0.1, -0.05) is 5.16 Å². The van der Waals surface area contributed by atoms with Gasteiger partial charge in [0.15, 0.2) is 9.84 Å². The van der Waals surface area contributed by atoms with Gasteiger partial charge in [0.1, 0.15) is 6.61 Å². The van der Waals surface area contributed by atoms with Gasteiger partial charge >= 0.3 is 5.97 Å². The lowest BCUT2D eigenvalue weighted by Crippen LogP contribution is -2.05. The van der Waals surface area contributed by atoms with Gasteiger partial charge in [0.25, 0.3) is 0 Å². The SMILES string of the molecule is CCON=Cc1cc(S(C)(=O)=O)ccc1C(=O)O. The van der Waals surface area contributed by atoms with Crippen molar-refractivity contribution < 1.29 is 23.2 Å². The van der Waals surface area contributed by atoms with Crippen molar-refractivity contribution in [3.05, 3.63) is 29.3 Å². The number of aromatic carboxylic acids is 1. The predicted octanol–water partition coefficient (Wildman–Crippen LogP) is 1.16. The second-order valence-electron chi connectivity index (χ2n) is 3.48. The molecule has 18 heavy (non-hydrogen) atoms. The summed E-state index contributed by atoms with van der Waals surface area (Å²) in [5.41, 5.74) is 0.143. The quantitative estimate of drug-likeness (QED) is 0.640. The van der Waals surface area contributed by atoms with Crippen molar-refractivity contribution in [2.75, 3.05) is 12.9 Å². The van der Waals surface area contributed by atoms with Gasteiger partial charge in [-0.2, -0.15) is 0 Å². The number of hydrogen-bond acceptors (Lipinski definition) is 5. The van der Waals surface area contributed by atoms with Gasteiger partial charge in [-0.15, -0.1) is 0 Å². The molecular weight excluding hydrogens is 258 g/mol. The molecule has 0 radical (unpaired) electrons. The Hall–Kier alpha value is -1.89. The summed E-state index contributed by atoms with van der Waals surface area (Å²) in [6, 6.07) is 3.73. The summed E-state index contributed by atoms with van der Waals surface area (Å²) in [5.74, 6) is -1.16. The van der Waals surface area contributed by atoms with E-state index in [0.717, 1.165) is 6.26 Å². The van der Waals surface area contributed by atoms with Gasteiger partial charge < -0.3 is 9.94 Å². The highest BCUT2D eigenvalue weighted by molar-refractivity contribution is 7.90. The zero-order valence-electron chi connectivity index (χ0n) is 9.95. The number of nitrogens with zero attached hydrogens (tertiary/aromatic N) is 1. The molecule has 0 spiro atoms. The molecule has 0 unspecified atom stereocenters. The molecule has 0 saturated heterocycles. The average Bonchev–Trinajstić information content (AvgIpc) is 2.27. The largest absolute Gasteiger partial charge is 0.478 e. The molecule has 1 N–H and O–H groups in total. The summed E-state index contributed by atoms with van der Waals surface area (Å²) < 4.78 is 22.7. The lowest BCUT2D eigenvalue weighted by Gasteiger charge is -2.04. The molecule has 98 valence electrons. The van der Waals surface area contributed by atoms with Crippen LogP contribution in [0.2, 0.25) is 0 Å². The summed E-state index contributed by atoms with van der Waals surface area (Å²) in [4.78, 5) is 15.7. The normalized spacial score (nSPS) is 11.7. The van der Waals surface area contributed by atoms with Crippen LogP contribution in [-0.2, 0) is 14.7 Å². The van der Waals surface area contributed by atoms with Gasteiger partial charge in [0.2, 0.25) is 0 Å². The molecule has 0 saturated carbocycles. The first kappa shape index (κ1) is 14.2. The molecule has 0 aliphatic rings. The van der Waals surface area contributed by atoms with Gasteiger partial charge in [0, 0.05) is 11.8 Å². The van der Waals surface area contributed by atoms with Crippen molar-refractivity contribution in [2.45, 2.75) is 11.8 Å². The molecule has 0 aliphatic carbocycles. The molecule has 1 aromatic carbocycles. The summed E-state index contributed by atoms with van der Waals surface area (Å²) in [5, 5.41) is 12.5. The third-order valence-corrected chi connectivity index (χ3v) is 3.19. The number of oxime groups is 1. The van der Waals surface area contributed by atoms with Crippen LogP contribution in [-0.4, -0.2) is 38.6 Å². The molecule has 0 aromatic heterocycles. The van der Waals surface area contributed by atoms with Gasteiger partial charge in [-0.05, 0) is 25.1 Å². The Morgan fingerprint density at radius 2 is 2.17 bits per heavy atom. The molecule has 6 nitrogen and oxygen atoms in total. The van der Waals surface area contributed by atoms with Crippen LogP contribution in [0.4, 0.5) is 0 Å². The molecule has 0 aliphatic heterocycles. The highest BCUT2D eigenvalue weighted by Gasteiger charge is 2.13. The molecule has 0 bridgehead atoms. The first-order valence-corrected chi connectivity index (χ1v) is 6.98. The van der Waals surface area contributed by atoms with Crippen LogP contribution in [0.1, 0.15) is 22.8 Å². The molecule has 0 heterocycles. The summed E-state index contributed by atoms with van der Waals surface area (Å²) in [6.07, 6.45) is 2.23. The van der Waals surface area contributed by atoms with Gasteiger partial charge in [-0.3, -0.25) is 0 Å². The monoisotopic (exact) mass is 271 g/mol. The molecule has 0 amide bonds. The number of benzene rings is 1. The average molecular weight is 271 g/mol. The van der Waals surface area contributed by atoms with Crippen molar-refractivity contribution in [3.63, 3.8) is 0 Å². The van der Waals surface area contributed by atoms with E-state index >= 15 is 0 Å². The van der Waals surface area contributed by atoms with Crippen LogP contribution in [0, 0.1) is 0 Å². The number of rotatable bonds is 5. The van der Waals surface area contributed by atoms with Crippen molar-refractivity contribution in [1.29, 1.82) is 0 Å². The van der Waals surface area contributed by atoms with E-state index in [1.807, 2.05) is 0 Å². The minimum absolute atomic E-state index is 0.0328. The maximum absolute atomic E-state index is 11.4. The van der Waals surface area contributed by atoms with E-state index in [1.54, 1.807) is 6.92 Å². The van der Waals surface area contributed by atoms with Crippen molar-refractivity contribution in [3.8, 4) is 0 Å². The van der Waals surface area contributed by atoms with Crippen LogP contribution >= 0.6 is 0 Å². The number of carboxylic acids is 1. The van der Waals surface area contributed by atoms with Crippen molar-refractivity contribution in [2.24, 2.45) is 5.16 Å². The fraction of sp³-hybridized carbons (Fsp3) is 0.273. The fourth-order valence-electron chi connectivity index (χ4n) is 1.24. The van der Waals surface area contributed by atoms with Crippen molar-refractivity contribution >= 4 is 22.0 Å². The Kier molecular flexibility index (Phi) is 4.43. The van der Waals surface area contributed by atoms with E-state index in [9.17, 15) is 13.2 Å². The van der Waals surface area contributed by atoms with Crippen LogP contribution in [0.5, 0.6) is 0 Å². The highest BCUT2D eigenvalue weighted by Crippen LogP contribution is 2.15. The first-order valence-electron chi connectivity index (χ1n) is 5.09. The summed E-state index contributed by atoms with van der Waals surface area (Å²) in [6.45, 7) is 2.06. The minimum Gasteiger partial charge on any atom is -0.478 e. The van der Waals surface area contributed by atoms with E-state index in [2.05, 4.69) is 5.16 Å². The summed E-state index contributed by atoms with van der Waals surface area (Å²) >= 11 is 0. The number of carbonyl (C=O) groups is 1. The second-order valence-corrected chi connectivity index (χ2v) is 5.49. The number of hydrogen-bond donors (Lipinski definition) is 1. The molecule has 0 fully saturated rings. The van der Waals surface area contributed by atoms with Crippen LogP contribution in [0.25, 0.3) is 0 Å². The van der Waals surface area contributed by atoms with Crippen molar-refractivity contribution in [1.82, 2.24) is 0 Å². The second kappa shape index (κ2) is 5.63. The lowest BCUT2D eigenvalue weighted by molar-refractivity contribution is 0.0696. The standard InChI is InChI=1S/C11H13NO5S/c1-3-17-12-7-8-6-9(18(2,15)16)4-5-10(8)11(13)14/h4-7H,3H2,1-2H3,(H,13,14).